The molecule has 2 aliphatic carbocycles. The van der Waals surface area contributed by atoms with Gasteiger partial charge < -0.3 is 5.11 Å². The normalized spacial score (nSPS) is 22.4. The Morgan fingerprint density at radius 3 is 1.95 bits per heavy atom. The molecule has 0 aliphatic heterocycles. The van der Waals surface area contributed by atoms with E-state index < -0.39 is 5.97 Å². The maximum absolute atomic E-state index is 11.8. The number of rotatable bonds is 4. The first kappa shape index (κ1) is 15.6. The van der Waals surface area contributed by atoms with Crippen LogP contribution >= 0.6 is 0 Å². The molecule has 3 rings (SSSR count). The first-order valence-corrected chi connectivity index (χ1v) is 9.08. The summed E-state index contributed by atoms with van der Waals surface area (Å²) in [5.41, 5.74) is 2.43. The highest BCUT2D eigenvalue weighted by molar-refractivity contribution is 5.76. The Balaban J connectivity index is 1.75. The molecule has 2 fully saturated rings. The Morgan fingerprint density at radius 2 is 1.41 bits per heavy atom. The molecule has 1 atom stereocenters. The fourth-order valence-corrected chi connectivity index (χ4v) is 4.50. The van der Waals surface area contributed by atoms with Gasteiger partial charge in [0.2, 0.25) is 0 Å². The van der Waals surface area contributed by atoms with Crippen molar-refractivity contribution in [3.63, 3.8) is 0 Å². The Hall–Kier alpha value is -1.31. The standard InChI is InChI=1S/C20H28O2/c21-20(22)19(17-9-5-2-6-10-17)18-13-11-16(12-14-18)15-7-3-1-4-8-15/h11-15,17,19H,1-10H2,(H,21,22). The minimum Gasteiger partial charge on any atom is -0.481 e. The van der Waals surface area contributed by atoms with Crippen LogP contribution in [0.5, 0.6) is 0 Å². The third kappa shape index (κ3) is 3.53. The molecule has 2 aliphatic rings. The molecule has 0 amide bonds. The van der Waals surface area contributed by atoms with Crippen LogP contribution in [0.1, 0.15) is 87.2 Å². The molecule has 0 spiro atoms. The number of hydrogen-bond donors (Lipinski definition) is 1. The molecule has 0 saturated heterocycles. The summed E-state index contributed by atoms with van der Waals surface area (Å²) in [6, 6.07) is 8.59. The van der Waals surface area contributed by atoms with Crippen molar-refractivity contribution in [2.24, 2.45) is 5.92 Å². The van der Waals surface area contributed by atoms with Gasteiger partial charge in [-0.25, -0.2) is 0 Å². The van der Waals surface area contributed by atoms with E-state index in [0.717, 1.165) is 18.4 Å². The van der Waals surface area contributed by atoms with E-state index in [4.69, 9.17) is 0 Å². The van der Waals surface area contributed by atoms with Crippen molar-refractivity contribution >= 4 is 5.97 Å². The van der Waals surface area contributed by atoms with E-state index in [1.807, 2.05) is 0 Å². The Labute approximate surface area is 133 Å². The number of carbonyl (C=O) groups is 1. The van der Waals surface area contributed by atoms with Crippen molar-refractivity contribution in [1.29, 1.82) is 0 Å². The average molecular weight is 300 g/mol. The molecule has 2 saturated carbocycles. The predicted octanol–water partition coefficient (Wildman–Crippen LogP) is 5.48. The third-order valence-corrected chi connectivity index (χ3v) is 5.76. The SMILES string of the molecule is O=C(O)C(c1ccc(C2CCCCC2)cc1)C1CCCCC1. The van der Waals surface area contributed by atoms with Gasteiger partial charge in [-0.3, -0.25) is 4.79 Å². The molecule has 1 N–H and O–H groups in total. The van der Waals surface area contributed by atoms with Crippen LogP contribution in [0.25, 0.3) is 0 Å². The van der Waals surface area contributed by atoms with Crippen LogP contribution in [0.3, 0.4) is 0 Å². The lowest BCUT2D eigenvalue weighted by atomic mass is 9.76. The van der Waals surface area contributed by atoms with Crippen LogP contribution in [0.2, 0.25) is 0 Å². The van der Waals surface area contributed by atoms with Gasteiger partial charge in [0.1, 0.15) is 0 Å². The molecule has 1 aromatic rings. The van der Waals surface area contributed by atoms with E-state index in [0.29, 0.717) is 11.8 Å². The lowest BCUT2D eigenvalue weighted by molar-refractivity contribution is -0.140. The molecule has 2 heteroatoms. The zero-order valence-electron chi connectivity index (χ0n) is 13.5. The number of hydrogen-bond acceptors (Lipinski definition) is 1. The van der Waals surface area contributed by atoms with Gasteiger partial charge in [-0.15, -0.1) is 0 Å². The van der Waals surface area contributed by atoms with Crippen LogP contribution in [-0.4, -0.2) is 11.1 Å². The van der Waals surface area contributed by atoms with Crippen molar-refractivity contribution in [3.8, 4) is 0 Å². The highest BCUT2D eigenvalue weighted by Gasteiger charge is 2.30. The largest absolute Gasteiger partial charge is 0.481 e. The summed E-state index contributed by atoms with van der Waals surface area (Å²) < 4.78 is 0. The summed E-state index contributed by atoms with van der Waals surface area (Å²) in [6.07, 6.45) is 12.4. The second-order valence-corrected chi connectivity index (χ2v) is 7.22. The average Bonchev–Trinajstić information content (AvgIpc) is 2.57. The molecular weight excluding hydrogens is 272 g/mol. The molecule has 1 aromatic carbocycles. The zero-order chi connectivity index (χ0) is 15.4. The van der Waals surface area contributed by atoms with Crippen molar-refractivity contribution in [2.45, 2.75) is 76.0 Å². The van der Waals surface area contributed by atoms with Crippen molar-refractivity contribution in [3.05, 3.63) is 35.4 Å². The molecule has 1 unspecified atom stereocenters. The maximum atomic E-state index is 11.8. The van der Waals surface area contributed by atoms with E-state index in [-0.39, 0.29) is 5.92 Å². The lowest BCUT2D eigenvalue weighted by Crippen LogP contribution is -2.23. The zero-order valence-corrected chi connectivity index (χ0v) is 13.5. The summed E-state index contributed by atoms with van der Waals surface area (Å²) in [5, 5.41) is 9.70. The monoisotopic (exact) mass is 300 g/mol. The molecule has 0 aromatic heterocycles. The first-order valence-electron chi connectivity index (χ1n) is 9.08. The summed E-state index contributed by atoms with van der Waals surface area (Å²) in [4.78, 5) is 11.8. The molecule has 0 bridgehead atoms. The molecule has 0 heterocycles. The smallest absolute Gasteiger partial charge is 0.311 e. The fourth-order valence-electron chi connectivity index (χ4n) is 4.50. The van der Waals surface area contributed by atoms with E-state index >= 15 is 0 Å². The Bertz CT molecular complexity index is 479. The minimum atomic E-state index is -0.641. The third-order valence-electron chi connectivity index (χ3n) is 5.76. The van der Waals surface area contributed by atoms with Crippen LogP contribution in [0.4, 0.5) is 0 Å². The fraction of sp³-hybridized carbons (Fsp3) is 0.650. The van der Waals surface area contributed by atoms with Gasteiger partial charge in [0.05, 0.1) is 5.92 Å². The van der Waals surface area contributed by atoms with Crippen molar-refractivity contribution in [1.82, 2.24) is 0 Å². The summed E-state index contributed by atoms with van der Waals surface area (Å²) in [7, 11) is 0. The number of carboxylic acid groups (broad SMARTS) is 1. The van der Waals surface area contributed by atoms with Gasteiger partial charge in [-0.1, -0.05) is 62.8 Å². The molecule has 22 heavy (non-hydrogen) atoms. The second kappa shape index (κ2) is 7.30. The number of aliphatic carboxylic acids is 1. The predicted molar refractivity (Wildman–Crippen MR) is 89.2 cm³/mol. The first-order chi connectivity index (χ1) is 10.8. The topological polar surface area (TPSA) is 37.3 Å². The van der Waals surface area contributed by atoms with Crippen LogP contribution in [0.15, 0.2) is 24.3 Å². The maximum Gasteiger partial charge on any atom is 0.311 e. The molecular formula is C20H28O2. The van der Waals surface area contributed by atoms with Gasteiger partial charge in [-0.2, -0.15) is 0 Å². The summed E-state index contributed by atoms with van der Waals surface area (Å²) in [6.45, 7) is 0. The quantitative estimate of drug-likeness (QED) is 0.799. The molecule has 120 valence electrons. The van der Waals surface area contributed by atoms with Crippen LogP contribution in [0, 0.1) is 5.92 Å². The van der Waals surface area contributed by atoms with Gasteiger partial charge >= 0.3 is 5.97 Å². The van der Waals surface area contributed by atoms with Gasteiger partial charge in [0.25, 0.3) is 0 Å². The summed E-state index contributed by atoms with van der Waals surface area (Å²) in [5.74, 6) is 0.0746. The second-order valence-electron chi connectivity index (χ2n) is 7.22. The molecule has 2 nitrogen and oxygen atoms in total. The highest BCUT2D eigenvalue weighted by atomic mass is 16.4. The summed E-state index contributed by atoms with van der Waals surface area (Å²) >= 11 is 0. The van der Waals surface area contributed by atoms with E-state index in [1.54, 1.807) is 0 Å². The number of benzene rings is 1. The van der Waals surface area contributed by atoms with E-state index in [2.05, 4.69) is 24.3 Å². The van der Waals surface area contributed by atoms with Crippen LogP contribution in [-0.2, 0) is 4.79 Å². The Kier molecular flexibility index (Phi) is 5.17. The van der Waals surface area contributed by atoms with Crippen molar-refractivity contribution in [2.75, 3.05) is 0 Å². The van der Waals surface area contributed by atoms with Crippen LogP contribution < -0.4 is 0 Å². The van der Waals surface area contributed by atoms with E-state index in [9.17, 15) is 9.90 Å². The van der Waals surface area contributed by atoms with Gasteiger partial charge in [0, 0.05) is 0 Å². The lowest BCUT2D eigenvalue weighted by Gasteiger charge is -2.28. The van der Waals surface area contributed by atoms with E-state index in [1.165, 1.54) is 56.9 Å². The van der Waals surface area contributed by atoms with Gasteiger partial charge in [0.15, 0.2) is 0 Å². The number of carboxylic acids is 1. The molecule has 0 radical (unpaired) electrons. The highest BCUT2D eigenvalue weighted by Crippen LogP contribution is 2.38. The van der Waals surface area contributed by atoms with Gasteiger partial charge in [-0.05, 0) is 48.6 Å². The Morgan fingerprint density at radius 1 is 0.864 bits per heavy atom. The minimum absolute atomic E-state index is 0.305. The van der Waals surface area contributed by atoms with Crippen molar-refractivity contribution < 1.29 is 9.90 Å².